The first kappa shape index (κ1) is 14.2. The Balaban J connectivity index is 0.00000144. The van der Waals surface area contributed by atoms with Crippen LogP contribution in [-0.2, 0) is 6.42 Å². The minimum atomic E-state index is 0. The lowest BCUT2D eigenvalue weighted by Crippen LogP contribution is -2.21. The Kier molecular flexibility index (Phi) is 5.19. The van der Waals surface area contributed by atoms with Crippen molar-refractivity contribution in [3.8, 4) is 0 Å². The number of pyridine rings is 1. The van der Waals surface area contributed by atoms with Crippen LogP contribution in [0.15, 0.2) is 30.3 Å². The Morgan fingerprint density at radius 2 is 2.06 bits per heavy atom. The molecule has 0 saturated heterocycles. The number of fused-ring (bicyclic) bond motifs is 1. The molecule has 17 heavy (non-hydrogen) atoms. The van der Waals surface area contributed by atoms with E-state index in [1.165, 1.54) is 0 Å². The molecule has 0 saturated carbocycles. The van der Waals surface area contributed by atoms with Gasteiger partial charge < -0.3 is 5.73 Å². The second-order valence-corrected chi connectivity index (χ2v) is 4.36. The van der Waals surface area contributed by atoms with Crippen LogP contribution in [0.4, 0.5) is 0 Å². The molecule has 0 aliphatic carbocycles. The molecule has 1 aromatic heterocycles. The molecule has 0 fully saturated rings. The maximum atomic E-state index is 6.14. The Labute approximate surface area is 113 Å². The van der Waals surface area contributed by atoms with Crippen molar-refractivity contribution in [1.29, 1.82) is 0 Å². The number of halogens is 2. The molecule has 1 aromatic carbocycles. The van der Waals surface area contributed by atoms with E-state index in [9.17, 15) is 0 Å². The largest absolute Gasteiger partial charge is 0.327 e. The number of hydrogen-bond acceptors (Lipinski definition) is 2. The molecule has 1 unspecified atom stereocenters. The Hall–Kier alpha value is -0.830. The smallest absolute Gasteiger partial charge is 0.133 e. The molecule has 1 heterocycles. The standard InChI is InChI=1S/C13H15ClN2.ClH/c1-2-11(15)8-10-7-9-5-3-4-6-12(9)16-13(10)14;/h3-7,11H,2,8,15H2,1H3;1H. The Morgan fingerprint density at radius 1 is 1.35 bits per heavy atom. The fourth-order valence-corrected chi connectivity index (χ4v) is 1.93. The maximum Gasteiger partial charge on any atom is 0.133 e. The topological polar surface area (TPSA) is 38.9 Å². The predicted octanol–water partition coefficient (Wildman–Crippen LogP) is 3.59. The van der Waals surface area contributed by atoms with E-state index in [2.05, 4.69) is 18.0 Å². The summed E-state index contributed by atoms with van der Waals surface area (Å²) in [5.74, 6) is 0. The fourth-order valence-electron chi connectivity index (χ4n) is 1.71. The molecule has 2 nitrogen and oxygen atoms in total. The summed E-state index contributed by atoms with van der Waals surface area (Å²) in [5.41, 5.74) is 7.90. The highest BCUT2D eigenvalue weighted by Gasteiger charge is 2.08. The number of aromatic nitrogens is 1. The van der Waals surface area contributed by atoms with E-state index in [-0.39, 0.29) is 18.4 Å². The zero-order valence-electron chi connectivity index (χ0n) is 9.69. The quantitative estimate of drug-likeness (QED) is 0.866. The summed E-state index contributed by atoms with van der Waals surface area (Å²) in [6.45, 7) is 2.08. The van der Waals surface area contributed by atoms with Crippen LogP contribution in [0.3, 0.4) is 0 Å². The highest BCUT2D eigenvalue weighted by Crippen LogP contribution is 2.21. The zero-order chi connectivity index (χ0) is 11.5. The third-order valence-electron chi connectivity index (χ3n) is 2.76. The summed E-state index contributed by atoms with van der Waals surface area (Å²) < 4.78 is 0. The molecule has 1 atom stereocenters. The minimum absolute atomic E-state index is 0. The van der Waals surface area contributed by atoms with Crippen LogP contribution in [0.2, 0.25) is 5.15 Å². The normalized spacial score (nSPS) is 12.2. The van der Waals surface area contributed by atoms with Crippen LogP contribution in [0.1, 0.15) is 18.9 Å². The first-order valence-corrected chi connectivity index (χ1v) is 5.88. The van der Waals surface area contributed by atoms with E-state index >= 15 is 0 Å². The lowest BCUT2D eigenvalue weighted by atomic mass is 10.0. The van der Waals surface area contributed by atoms with Gasteiger partial charge in [0, 0.05) is 11.4 Å². The van der Waals surface area contributed by atoms with Crippen LogP contribution in [0.5, 0.6) is 0 Å². The predicted molar refractivity (Wildman–Crippen MR) is 76.0 cm³/mol. The highest BCUT2D eigenvalue weighted by molar-refractivity contribution is 6.30. The van der Waals surface area contributed by atoms with E-state index in [1.807, 2.05) is 24.3 Å². The lowest BCUT2D eigenvalue weighted by Gasteiger charge is -2.10. The van der Waals surface area contributed by atoms with E-state index in [0.717, 1.165) is 29.3 Å². The molecule has 0 amide bonds. The minimum Gasteiger partial charge on any atom is -0.327 e. The second-order valence-electron chi connectivity index (χ2n) is 4.00. The number of rotatable bonds is 3. The van der Waals surface area contributed by atoms with Crippen molar-refractivity contribution < 1.29 is 0 Å². The average molecular weight is 271 g/mol. The molecule has 0 bridgehead atoms. The van der Waals surface area contributed by atoms with Gasteiger partial charge in [0.2, 0.25) is 0 Å². The molecular weight excluding hydrogens is 255 g/mol. The van der Waals surface area contributed by atoms with Gasteiger partial charge in [0.15, 0.2) is 0 Å². The molecule has 0 aliphatic rings. The first-order valence-electron chi connectivity index (χ1n) is 5.50. The van der Waals surface area contributed by atoms with Gasteiger partial charge in [-0.3, -0.25) is 0 Å². The Morgan fingerprint density at radius 3 is 2.76 bits per heavy atom. The molecule has 4 heteroatoms. The number of benzene rings is 1. The summed E-state index contributed by atoms with van der Waals surface area (Å²) >= 11 is 6.14. The fraction of sp³-hybridized carbons (Fsp3) is 0.308. The van der Waals surface area contributed by atoms with Gasteiger partial charge in [-0.2, -0.15) is 0 Å². The van der Waals surface area contributed by atoms with Crippen molar-refractivity contribution in [2.45, 2.75) is 25.8 Å². The summed E-state index contributed by atoms with van der Waals surface area (Å²) in [7, 11) is 0. The van der Waals surface area contributed by atoms with Crippen molar-refractivity contribution in [3.05, 3.63) is 41.0 Å². The van der Waals surface area contributed by atoms with Crippen LogP contribution >= 0.6 is 24.0 Å². The molecule has 2 aromatic rings. The molecule has 0 radical (unpaired) electrons. The van der Waals surface area contributed by atoms with Crippen molar-refractivity contribution in [2.75, 3.05) is 0 Å². The molecule has 0 aliphatic heterocycles. The SMILES string of the molecule is CCC(N)Cc1cc2ccccc2nc1Cl.Cl. The van der Waals surface area contributed by atoms with Crippen LogP contribution in [0.25, 0.3) is 10.9 Å². The number of para-hydroxylation sites is 1. The first-order chi connectivity index (χ1) is 7.70. The molecular formula is C13H16Cl2N2. The summed E-state index contributed by atoms with van der Waals surface area (Å²) in [5, 5.41) is 1.69. The van der Waals surface area contributed by atoms with Crippen molar-refractivity contribution in [1.82, 2.24) is 4.98 Å². The van der Waals surface area contributed by atoms with E-state index in [0.29, 0.717) is 5.15 Å². The average Bonchev–Trinajstić information content (AvgIpc) is 2.30. The zero-order valence-corrected chi connectivity index (χ0v) is 11.3. The van der Waals surface area contributed by atoms with Crippen molar-refractivity contribution in [2.24, 2.45) is 5.73 Å². The monoisotopic (exact) mass is 270 g/mol. The molecule has 0 spiro atoms. The van der Waals surface area contributed by atoms with Gasteiger partial charge in [0.1, 0.15) is 5.15 Å². The van der Waals surface area contributed by atoms with Crippen LogP contribution in [-0.4, -0.2) is 11.0 Å². The van der Waals surface area contributed by atoms with Gasteiger partial charge in [-0.15, -0.1) is 12.4 Å². The van der Waals surface area contributed by atoms with Gasteiger partial charge in [-0.1, -0.05) is 36.7 Å². The van der Waals surface area contributed by atoms with E-state index in [4.69, 9.17) is 17.3 Å². The van der Waals surface area contributed by atoms with Gasteiger partial charge in [0.25, 0.3) is 0 Å². The summed E-state index contributed by atoms with van der Waals surface area (Å²) in [6.07, 6.45) is 1.73. The van der Waals surface area contributed by atoms with E-state index < -0.39 is 0 Å². The summed E-state index contributed by atoms with van der Waals surface area (Å²) in [4.78, 5) is 4.37. The second kappa shape index (κ2) is 6.20. The molecule has 2 rings (SSSR count). The molecule has 2 N–H and O–H groups in total. The third-order valence-corrected chi connectivity index (χ3v) is 3.08. The van der Waals surface area contributed by atoms with Gasteiger partial charge >= 0.3 is 0 Å². The lowest BCUT2D eigenvalue weighted by molar-refractivity contribution is 0.646. The number of nitrogens with zero attached hydrogens (tertiary/aromatic N) is 1. The van der Waals surface area contributed by atoms with E-state index in [1.54, 1.807) is 0 Å². The van der Waals surface area contributed by atoms with Crippen LogP contribution in [0, 0.1) is 0 Å². The van der Waals surface area contributed by atoms with Crippen molar-refractivity contribution in [3.63, 3.8) is 0 Å². The number of hydrogen-bond donors (Lipinski definition) is 1. The van der Waals surface area contributed by atoms with Crippen molar-refractivity contribution >= 4 is 34.9 Å². The highest BCUT2D eigenvalue weighted by atomic mass is 35.5. The van der Waals surface area contributed by atoms with Gasteiger partial charge in [0.05, 0.1) is 5.52 Å². The number of nitrogens with two attached hydrogens (primary N) is 1. The van der Waals surface area contributed by atoms with Crippen LogP contribution < -0.4 is 5.73 Å². The maximum absolute atomic E-state index is 6.14. The Bertz CT molecular complexity index is 500. The van der Waals surface area contributed by atoms with Gasteiger partial charge in [-0.25, -0.2) is 4.98 Å². The molecule has 92 valence electrons. The third kappa shape index (κ3) is 3.32. The van der Waals surface area contributed by atoms with Gasteiger partial charge in [-0.05, 0) is 30.5 Å². The summed E-state index contributed by atoms with van der Waals surface area (Å²) in [6, 6.07) is 10.2.